The summed E-state index contributed by atoms with van der Waals surface area (Å²) in [5, 5.41) is 5.49. The average molecular weight is 224 g/mol. The van der Waals surface area contributed by atoms with Crippen molar-refractivity contribution in [2.75, 3.05) is 0 Å². The van der Waals surface area contributed by atoms with Gasteiger partial charge in [-0.05, 0) is 24.3 Å². The molecule has 15 heavy (non-hydrogen) atoms. The molecule has 3 N–H and O–H groups in total. The Morgan fingerprint density at radius 2 is 2.47 bits per heavy atom. The van der Waals surface area contributed by atoms with Crippen molar-refractivity contribution >= 4 is 17.2 Å². The van der Waals surface area contributed by atoms with Gasteiger partial charge >= 0.3 is 0 Å². The van der Waals surface area contributed by atoms with Crippen molar-refractivity contribution < 1.29 is 4.79 Å². The third kappa shape index (κ3) is 2.58. The van der Waals surface area contributed by atoms with E-state index in [2.05, 4.69) is 16.8 Å². The number of thiophene rings is 1. The molecule has 0 saturated heterocycles. The van der Waals surface area contributed by atoms with Crippen LogP contribution in [-0.2, 0) is 11.3 Å². The van der Waals surface area contributed by atoms with Gasteiger partial charge in [0.05, 0.1) is 5.92 Å². The lowest BCUT2D eigenvalue weighted by Crippen LogP contribution is -2.38. The van der Waals surface area contributed by atoms with E-state index in [1.807, 2.05) is 6.07 Å². The van der Waals surface area contributed by atoms with Crippen LogP contribution in [0.25, 0.3) is 0 Å². The highest BCUT2D eigenvalue weighted by Crippen LogP contribution is 2.25. The quantitative estimate of drug-likeness (QED) is 0.814. The maximum Gasteiger partial charge on any atom is 0.222 e. The van der Waals surface area contributed by atoms with E-state index >= 15 is 0 Å². The highest BCUT2D eigenvalue weighted by Gasteiger charge is 2.30. The van der Waals surface area contributed by atoms with Crippen LogP contribution in [0.4, 0.5) is 0 Å². The SMILES string of the molecule is NC(=O)C1CCCC1NCc1cccs1. The number of rotatable bonds is 4. The summed E-state index contributed by atoms with van der Waals surface area (Å²) in [6.45, 7) is 0.853. The summed E-state index contributed by atoms with van der Waals surface area (Å²) in [5.41, 5.74) is 5.36. The van der Waals surface area contributed by atoms with Crippen LogP contribution >= 0.6 is 11.3 Å². The van der Waals surface area contributed by atoms with Gasteiger partial charge in [-0.25, -0.2) is 0 Å². The highest BCUT2D eigenvalue weighted by molar-refractivity contribution is 7.09. The molecule has 0 radical (unpaired) electrons. The predicted molar refractivity (Wildman–Crippen MR) is 61.5 cm³/mol. The Morgan fingerprint density at radius 3 is 3.13 bits per heavy atom. The number of nitrogens with two attached hydrogens (primary N) is 1. The van der Waals surface area contributed by atoms with Gasteiger partial charge in [0.2, 0.25) is 5.91 Å². The van der Waals surface area contributed by atoms with Crippen molar-refractivity contribution in [2.45, 2.75) is 31.8 Å². The topological polar surface area (TPSA) is 55.1 Å². The summed E-state index contributed by atoms with van der Waals surface area (Å²) in [7, 11) is 0. The molecule has 1 fully saturated rings. The van der Waals surface area contributed by atoms with Crippen molar-refractivity contribution in [3.8, 4) is 0 Å². The second-order valence-corrected chi connectivity index (χ2v) is 5.04. The molecule has 1 saturated carbocycles. The van der Waals surface area contributed by atoms with E-state index in [0.717, 1.165) is 25.8 Å². The van der Waals surface area contributed by atoms with E-state index in [9.17, 15) is 4.79 Å². The van der Waals surface area contributed by atoms with Crippen LogP contribution in [0.2, 0.25) is 0 Å². The molecule has 1 aliphatic carbocycles. The maximum absolute atomic E-state index is 11.2. The van der Waals surface area contributed by atoms with Crippen molar-refractivity contribution in [2.24, 2.45) is 11.7 Å². The lowest BCUT2D eigenvalue weighted by Gasteiger charge is -2.17. The Hall–Kier alpha value is -0.870. The molecule has 0 aromatic carbocycles. The molecular formula is C11H16N2OS. The van der Waals surface area contributed by atoms with E-state index < -0.39 is 0 Å². The third-order valence-electron chi connectivity index (χ3n) is 3.00. The Kier molecular flexibility index (Phi) is 3.38. The zero-order chi connectivity index (χ0) is 10.7. The number of nitrogens with one attached hydrogen (secondary N) is 1. The molecular weight excluding hydrogens is 208 g/mol. The van der Waals surface area contributed by atoms with E-state index in [0.29, 0.717) is 0 Å². The average Bonchev–Trinajstić information content (AvgIpc) is 2.86. The van der Waals surface area contributed by atoms with Crippen molar-refractivity contribution in [1.29, 1.82) is 0 Å². The second kappa shape index (κ2) is 4.77. The smallest absolute Gasteiger partial charge is 0.222 e. The highest BCUT2D eigenvalue weighted by atomic mass is 32.1. The van der Waals surface area contributed by atoms with Crippen LogP contribution in [0.15, 0.2) is 17.5 Å². The van der Waals surface area contributed by atoms with Gasteiger partial charge in [-0.2, -0.15) is 0 Å². The first-order chi connectivity index (χ1) is 7.27. The number of hydrogen-bond donors (Lipinski definition) is 2. The van der Waals surface area contributed by atoms with Crippen LogP contribution in [0, 0.1) is 5.92 Å². The van der Waals surface area contributed by atoms with Gasteiger partial charge in [0.1, 0.15) is 0 Å². The summed E-state index contributed by atoms with van der Waals surface area (Å²) in [6, 6.07) is 4.43. The van der Waals surface area contributed by atoms with E-state index in [-0.39, 0.29) is 17.9 Å². The number of carbonyl (C=O) groups is 1. The molecule has 1 aromatic rings. The molecule has 2 unspecified atom stereocenters. The fraction of sp³-hybridized carbons (Fsp3) is 0.545. The number of carbonyl (C=O) groups excluding carboxylic acids is 1. The lowest BCUT2D eigenvalue weighted by atomic mass is 10.0. The molecule has 0 aliphatic heterocycles. The zero-order valence-corrected chi connectivity index (χ0v) is 9.43. The van der Waals surface area contributed by atoms with Crippen molar-refractivity contribution in [3.63, 3.8) is 0 Å². The third-order valence-corrected chi connectivity index (χ3v) is 3.88. The van der Waals surface area contributed by atoms with Gasteiger partial charge in [-0.1, -0.05) is 12.5 Å². The first kappa shape index (κ1) is 10.6. The van der Waals surface area contributed by atoms with Gasteiger partial charge in [-0.15, -0.1) is 11.3 Å². The summed E-state index contributed by atoms with van der Waals surface area (Å²) >= 11 is 1.74. The largest absolute Gasteiger partial charge is 0.369 e. The lowest BCUT2D eigenvalue weighted by molar-refractivity contribution is -0.122. The number of primary amides is 1. The minimum Gasteiger partial charge on any atom is -0.369 e. The van der Waals surface area contributed by atoms with Gasteiger partial charge in [0.15, 0.2) is 0 Å². The summed E-state index contributed by atoms with van der Waals surface area (Å²) in [5.74, 6) is -0.124. The van der Waals surface area contributed by atoms with Gasteiger partial charge < -0.3 is 11.1 Å². The Bertz CT molecular complexity index is 323. The molecule has 3 nitrogen and oxygen atoms in total. The second-order valence-electron chi connectivity index (χ2n) is 4.01. The fourth-order valence-corrected chi connectivity index (χ4v) is 2.85. The van der Waals surface area contributed by atoms with Crippen LogP contribution in [0.1, 0.15) is 24.1 Å². The van der Waals surface area contributed by atoms with Crippen molar-refractivity contribution in [3.05, 3.63) is 22.4 Å². The Balaban J connectivity index is 1.86. The first-order valence-corrected chi connectivity index (χ1v) is 6.20. The minimum absolute atomic E-state index is 0.0324. The number of amides is 1. The molecule has 1 heterocycles. The van der Waals surface area contributed by atoms with E-state index in [4.69, 9.17) is 5.73 Å². The van der Waals surface area contributed by atoms with Gasteiger partial charge in [-0.3, -0.25) is 4.79 Å². The van der Waals surface area contributed by atoms with Crippen LogP contribution in [-0.4, -0.2) is 11.9 Å². The predicted octanol–water partition coefficient (Wildman–Crippen LogP) is 1.49. The molecule has 2 rings (SSSR count). The van der Waals surface area contributed by atoms with Gasteiger partial charge in [0.25, 0.3) is 0 Å². The normalized spacial score (nSPS) is 25.6. The van der Waals surface area contributed by atoms with Crippen LogP contribution in [0.5, 0.6) is 0 Å². The first-order valence-electron chi connectivity index (χ1n) is 5.32. The zero-order valence-electron chi connectivity index (χ0n) is 8.61. The molecule has 82 valence electrons. The minimum atomic E-state index is -0.156. The number of hydrogen-bond acceptors (Lipinski definition) is 3. The Morgan fingerprint density at radius 1 is 1.60 bits per heavy atom. The Labute approximate surface area is 93.7 Å². The molecule has 0 spiro atoms. The summed E-state index contributed by atoms with van der Waals surface area (Å²) < 4.78 is 0. The molecule has 0 bridgehead atoms. The van der Waals surface area contributed by atoms with E-state index in [1.54, 1.807) is 11.3 Å². The van der Waals surface area contributed by atoms with Crippen LogP contribution < -0.4 is 11.1 Å². The van der Waals surface area contributed by atoms with E-state index in [1.165, 1.54) is 4.88 Å². The molecule has 1 aromatic heterocycles. The molecule has 1 aliphatic rings. The molecule has 2 atom stereocenters. The molecule has 1 amide bonds. The summed E-state index contributed by atoms with van der Waals surface area (Å²) in [6.07, 6.45) is 3.12. The standard InChI is InChI=1S/C11H16N2OS/c12-11(14)9-4-1-5-10(9)13-7-8-3-2-6-15-8/h2-3,6,9-10,13H,1,4-5,7H2,(H2,12,14). The molecule has 4 heteroatoms. The summed E-state index contributed by atoms with van der Waals surface area (Å²) in [4.78, 5) is 12.5. The monoisotopic (exact) mass is 224 g/mol. The maximum atomic E-state index is 11.2. The fourth-order valence-electron chi connectivity index (χ4n) is 2.19. The van der Waals surface area contributed by atoms with Crippen molar-refractivity contribution in [1.82, 2.24) is 5.32 Å². The van der Waals surface area contributed by atoms with Gasteiger partial charge in [0, 0.05) is 17.5 Å². The van der Waals surface area contributed by atoms with Crippen LogP contribution in [0.3, 0.4) is 0 Å².